The predicted molar refractivity (Wildman–Crippen MR) is 328 cm³/mol. The minimum atomic E-state index is -1.64. The maximum atomic E-state index is 13.4. The molecule has 0 aliphatic carbocycles. The predicted octanol–water partition coefficient (Wildman–Crippen LogP) is 15.3. The van der Waals surface area contributed by atoms with Crippen LogP contribution in [0.4, 0.5) is 0 Å². The van der Waals surface area contributed by atoms with Crippen LogP contribution in [0.2, 0.25) is 0 Å². The summed E-state index contributed by atoms with van der Waals surface area (Å²) >= 11 is 0. The van der Waals surface area contributed by atoms with E-state index in [0.29, 0.717) is 12.8 Å². The molecule has 1 rings (SSSR count). The van der Waals surface area contributed by atoms with E-state index in [2.05, 4.69) is 74.7 Å². The number of aliphatic hydroxyl groups excluding tert-OH is 5. The van der Waals surface area contributed by atoms with Crippen molar-refractivity contribution in [1.29, 1.82) is 0 Å². The molecule has 8 atom stereocenters. The fourth-order valence-corrected chi connectivity index (χ4v) is 9.27. The maximum absolute atomic E-state index is 13.4. The van der Waals surface area contributed by atoms with Gasteiger partial charge >= 0.3 is 5.97 Å². The summed E-state index contributed by atoms with van der Waals surface area (Å²) in [4.78, 5) is 26.5. The molecular formula is C68H115NO10. The average molecular weight is 1110 g/mol. The van der Waals surface area contributed by atoms with Crippen LogP contribution in [-0.4, -0.2) is 99.6 Å². The molecule has 1 heterocycles. The molecule has 0 aromatic carbocycles. The molecule has 1 fully saturated rings. The highest BCUT2D eigenvalue weighted by Crippen LogP contribution is 2.26. The molecule has 1 saturated heterocycles. The monoisotopic (exact) mass is 1110 g/mol. The molecule has 0 saturated carbocycles. The minimum Gasteiger partial charge on any atom is -0.454 e. The van der Waals surface area contributed by atoms with Gasteiger partial charge in [0, 0.05) is 6.42 Å². The molecule has 11 heteroatoms. The van der Waals surface area contributed by atoms with Crippen LogP contribution >= 0.6 is 0 Å². The summed E-state index contributed by atoms with van der Waals surface area (Å²) < 4.78 is 17.6. The Kier molecular flexibility index (Phi) is 50.9. The third kappa shape index (κ3) is 42.8. The van der Waals surface area contributed by atoms with Gasteiger partial charge in [-0.3, -0.25) is 9.59 Å². The lowest BCUT2D eigenvalue weighted by Gasteiger charge is -2.41. The third-order valence-corrected chi connectivity index (χ3v) is 14.3. The van der Waals surface area contributed by atoms with Crippen molar-refractivity contribution in [3.05, 3.63) is 109 Å². The van der Waals surface area contributed by atoms with Gasteiger partial charge in [0.1, 0.15) is 24.4 Å². The number of ether oxygens (including phenoxy) is 3. The number of unbranched alkanes of at least 4 members (excludes halogenated alkanes) is 26. The van der Waals surface area contributed by atoms with Crippen LogP contribution in [0, 0.1) is 0 Å². The first-order valence-corrected chi connectivity index (χ1v) is 31.7. The van der Waals surface area contributed by atoms with Crippen molar-refractivity contribution in [2.75, 3.05) is 13.2 Å². The summed E-state index contributed by atoms with van der Waals surface area (Å²) in [6.07, 6.45) is 64.1. The Morgan fingerprint density at radius 1 is 0.519 bits per heavy atom. The summed E-state index contributed by atoms with van der Waals surface area (Å²) in [5.74, 6) is -1.25. The summed E-state index contributed by atoms with van der Waals surface area (Å²) in [5.41, 5.74) is 0. The van der Waals surface area contributed by atoms with Gasteiger partial charge in [-0.25, -0.2) is 0 Å². The number of allylic oxidation sites excluding steroid dienone is 17. The second-order valence-corrected chi connectivity index (χ2v) is 21.5. The van der Waals surface area contributed by atoms with Crippen LogP contribution in [0.15, 0.2) is 109 Å². The normalized spacial score (nSPS) is 19.6. The topological polar surface area (TPSA) is 175 Å². The summed E-state index contributed by atoms with van der Waals surface area (Å²) in [6.45, 7) is 5.59. The Labute approximate surface area is 481 Å². The van der Waals surface area contributed by atoms with Gasteiger partial charge in [-0.1, -0.05) is 265 Å². The van der Waals surface area contributed by atoms with E-state index in [1.54, 1.807) is 6.08 Å². The highest BCUT2D eigenvalue weighted by atomic mass is 16.7. The van der Waals surface area contributed by atoms with E-state index in [9.17, 15) is 35.1 Å². The number of hydrogen-bond acceptors (Lipinski definition) is 10. The van der Waals surface area contributed by atoms with Crippen molar-refractivity contribution in [3.8, 4) is 0 Å². The van der Waals surface area contributed by atoms with Crippen molar-refractivity contribution in [2.24, 2.45) is 0 Å². The van der Waals surface area contributed by atoms with Crippen LogP contribution in [0.5, 0.6) is 0 Å². The molecule has 0 aromatic heterocycles. The number of carbonyl (C=O) groups excluding carboxylic acids is 2. The standard InChI is InChI=1S/C68H115NO10/c1-4-7-10-13-16-19-22-25-27-28-29-30-31-32-33-35-37-40-43-46-49-52-55-61(72)67(76)69-59(60(71)54-51-48-45-42-39-36-24-21-18-15-12-9-6-3)58-77-68-66(65(75)64(74)62(57-70)78-68)79-63(73)56-53-50-47-44-41-38-34-26-23-20-17-14-11-8-5-2/h8,11,14,16-17,19-20,23,25-27,29-30,34,38,41,51,54,59-62,64-66,68,70-72,74-75H,4-7,9-10,12-13,15,18,21-22,24,28,31-33,35-37,39-40,42-50,52-53,55-58H2,1-3H3,(H,69,76)/b11-8+,17-14+,19-16-,23-20-,27-25-,30-29-,34-26-,41-38+,54-51+. The lowest BCUT2D eigenvalue weighted by Crippen LogP contribution is -2.61. The highest BCUT2D eigenvalue weighted by Gasteiger charge is 2.47. The maximum Gasteiger partial charge on any atom is 0.306 e. The molecular weight excluding hydrogens is 991 g/mol. The fourth-order valence-electron chi connectivity index (χ4n) is 9.27. The molecule has 452 valence electrons. The van der Waals surface area contributed by atoms with Crippen molar-refractivity contribution < 1.29 is 49.3 Å². The quantitative estimate of drug-likeness (QED) is 0.0149. The van der Waals surface area contributed by atoms with Gasteiger partial charge in [0.15, 0.2) is 12.4 Å². The molecule has 1 aliphatic rings. The SMILES string of the molecule is CC/C=C/C=C/C=C\C=C/C=C/CCCCCC(=O)OC1C(OCC(NC(=O)C(O)CCCCCCCCCCC/C=C\C/C=C\C/C=C\CCCCC)C(O)/C=C/CCCCCCCCCCCCC)OC(CO)C(O)C1O. The number of aliphatic hydroxyl groups is 5. The Bertz CT molecular complexity index is 1700. The molecule has 1 amide bonds. The summed E-state index contributed by atoms with van der Waals surface area (Å²) in [7, 11) is 0. The van der Waals surface area contributed by atoms with Gasteiger partial charge in [0.25, 0.3) is 0 Å². The average Bonchev–Trinajstić information content (AvgIpc) is 3.50. The second-order valence-electron chi connectivity index (χ2n) is 21.5. The number of amides is 1. The van der Waals surface area contributed by atoms with E-state index in [1.165, 1.54) is 109 Å². The first-order chi connectivity index (χ1) is 38.7. The number of esters is 1. The Balaban J connectivity index is 2.69. The Hall–Kier alpha value is -3.68. The second kappa shape index (κ2) is 54.9. The lowest BCUT2D eigenvalue weighted by atomic mass is 9.99. The molecule has 1 aliphatic heterocycles. The van der Waals surface area contributed by atoms with Gasteiger partial charge in [0.05, 0.1) is 25.4 Å². The molecule has 11 nitrogen and oxygen atoms in total. The van der Waals surface area contributed by atoms with Gasteiger partial charge < -0.3 is 45.1 Å². The van der Waals surface area contributed by atoms with Crippen molar-refractivity contribution in [3.63, 3.8) is 0 Å². The van der Waals surface area contributed by atoms with Crippen LogP contribution in [0.25, 0.3) is 0 Å². The molecule has 0 radical (unpaired) electrons. The van der Waals surface area contributed by atoms with Gasteiger partial charge in [-0.15, -0.1) is 0 Å². The number of hydrogen-bond donors (Lipinski definition) is 6. The molecule has 0 bridgehead atoms. The van der Waals surface area contributed by atoms with Crippen LogP contribution in [-0.2, 0) is 23.8 Å². The van der Waals surface area contributed by atoms with E-state index in [0.717, 1.165) is 89.9 Å². The van der Waals surface area contributed by atoms with Crippen LogP contribution in [0.1, 0.15) is 245 Å². The first kappa shape index (κ1) is 73.3. The highest BCUT2D eigenvalue weighted by molar-refractivity contribution is 5.80. The minimum absolute atomic E-state index is 0.0687. The molecule has 79 heavy (non-hydrogen) atoms. The van der Waals surface area contributed by atoms with E-state index in [-0.39, 0.29) is 19.4 Å². The zero-order valence-corrected chi connectivity index (χ0v) is 50.0. The van der Waals surface area contributed by atoms with Gasteiger partial charge in [-0.2, -0.15) is 0 Å². The van der Waals surface area contributed by atoms with Gasteiger partial charge in [-0.05, 0) is 83.5 Å². The Morgan fingerprint density at radius 3 is 1.51 bits per heavy atom. The number of carbonyl (C=O) groups is 2. The zero-order valence-electron chi connectivity index (χ0n) is 50.0. The smallest absolute Gasteiger partial charge is 0.306 e. The third-order valence-electron chi connectivity index (χ3n) is 14.3. The van der Waals surface area contributed by atoms with Gasteiger partial charge in [0.2, 0.25) is 5.91 Å². The van der Waals surface area contributed by atoms with Crippen molar-refractivity contribution >= 4 is 11.9 Å². The fraction of sp³-hybridized carbons (Fsp3) is 0.706. The summed E-state index contributed by atoms with van der Waals surface area (Å²) in [6, 6.07) is -1.04. The largest absolute Gasteiger partial charge is 0.454 e. The van der Waals surface area contributed by atoms with E-state index in [1.807, 2.05) is 54.7 Å². The number of nitrogens with one attached hydrogen (secondary N) is 1. The zero-order chi connectivity index (χ0) is 57.5. The van der Waals surface area contributed by atoms with E-state index >= 15 is 0 Å². The summed E-state index contributed by atoms with van der Waals surface area (Å²) in [5, 5.41) is 57.0. The van der Waals surface area contributed by atoms with E-state index < -0.39 is 67.4 Å². The van der Waals surface area contributed by atoms with E-state index in [4.69, 9.17) is 14.2 Å². The van der Waals surface area contributed by atoms with Crippen LogP contribution in [0.3, 0.4) is 0 Å². The first-order valence-electron chi connectivity index (χ1n) is 31.7. The lowest BCUT2D eigenvalue weighted by molar-refractivity contribution is -0.305. The molecule has 8 unspecified atom stereocenters. The molecule has 6 N–H and O–H groups in total. The van der Waals surface area contributed by atoms with Crippen LogP contribution < -0.4 is 5.32 Å². The Morgan fingerprint density at radius 2 is 0.962 bits per heavy atom. The molecule has 0 spiro atoms. The van der Waals surface area contributed by atoms with Crippen molar-refractivity contribution in [1.82, 2.24) is 5.32 Å². The number of rotatable bonds is 52. The molecule has 0 aromatic rings. The van der Waals surface area contributed by atoms with Crippen molar-refractivity contribution in [2.45, 2.75) is 294 Å².